The first-order chi connectivity index (χ1) is 9.22. The largest absolute Gasteiger partial charge is 0.496 e. The molecule has 0 aromatic heterocycles. The number of thioether (sulfide) groups is 1. The Morgan fingerprint density at radius 2 is 2.11 bits per heavy atom. The third-order valence-electron chi connectivity index (χ3n) is 2.62. The van der Waals surface area contributed by atoms with Crippen molar-refractivity contribution in [1.29, 1.82) is 0 Å². The minimum Gasteiger partial charge on any atom is -0.496 e. The molecule has 0 saturated heterocycles. The second-order valence-corrected chi connectivity index (χ2v) is 5.85. The van der Waals surface area contributed by atoms with Crippen LogP contribution < -0.4 is 4.74 Å². The van der Waals surface area contributed by atoms with Crippen molar-refractivity contribution in [2.24, 2.45) is 0 Å². The van der Waals surface area contributed by atoms with Gasteiger partial charge in [-0.3, -0.25) is 4.79 Å². The highest BCUT2D eigenvalue weighted by Gasteiger charge is 2.02. The van der Waals surface area contributed by atoms with Crippen molar-refractivity contribution in [3.05, 3.63) is 58.1 Å². The third kappa shape index (κ3) is 3.85. The van der Waals surface area contributed by atoms with Crippen molar-refractivity contribution in [3.63, 3.8) is 0 Å². The van der Waals surface area contributed by atoms with E-state index in [1.807, 2.05) is 30.3 Å². The minimum absolute atomic E-state index is 0.709. The van der Waals surface area contributed by atoms with E-state index >= 15 is 0 Å². The Hall–Kier alpha value is -1.26. The fraction of sp³-hybridized carbons (Fsp3) is 0.133. The van der Waals surface area contributed by atoms with Crippen molar-refractivity contribution in [2.45, 2.75) is 10.6 Å². The molecule has 2 nitrogen and oxygen atoms in total. The van der Waals surface area contributed by atoms with Crippen molar-refractivity contribution >= 4 is 34.0 Å². The fourth-order valence-electron chi connectivity index (χ4n) is 1.64. The number of ether oxygens (including phenoxy) is 1. The molecule has 0 aliphatic carbocycles. The lowest BCUT2D eigenvalue weighted by Gasteiger charge is -2.06. The summed E-state index contributed by atoms with van der Waals surface area (Å²) in [6.45, 7) is 0. The second kappa shape index (κ2) is 6.78. The van der Waals surface area contributed by atoms with E-state index in [2.05, 4.69) is 22.0 Å². The molecule has 2 aromatic rings. The van der Waals surface area contributed by atoms with Gasteiger partial charge < -0.3 is 4.74 Å². The van der Waals surface area contributed by atoms with Crippen LogP contribution in [0.15, 0.2) is 51.8 Å². The molecule has 4 heteroatoms. The Bertz CT molecular complexity index is 584. The zero-order valence-electron chi connectivity index (χ0n) is 10.4. The number of hydrogen-bond donors (Lipinski definition) is 0. The Balaban J connectivity index is 2.05. The van der Waals surface area contributed by atoms with Gasteiger partial charge in [-0.25, -0.2) is 0 Å². The van der Waals surface area contributed by atoms with E-state index < -0.39 is 0 Å². The van der Waals surface area contributed by atoms with Crippen molar-refractivity contribution in [3.8, 4) is 5.75 Å². The molecule has 0 aliphatic rings. The second-order valence-electron chi connectivity index (χ2n) is 3.95. The van der Waals surface area contributed by atoms with Crippen LogP contribution in [0.4, 0.5) is 0 Å². The molecule has 0 fully saturated rings. The van der Waals surface area contributed by atoms with Gasteiger partial charge in [-0.1, -0.05) is 18.2 Å². The quantitative estimate of drug-likeness (QED) is 0.591. The molecular formula is C15H13BrO2S. The first-order valence-corrected chi connectivity index (χ1v) is 7.51. The van der Waals surface area contributed by atoms with Gasteiger partial charge in [0.1, 0.15) is 12.0 Å². The average molecular weight is 337 g/mol. The standard InChI is InChI=1S/C15H13BrO2S/c1-18-15-6-5-12(8-14(15)16)10-19-13-4-2-3-11(7-13)9-17/h2-9H,10H2,1H3. The summed E-state index contributed by atoms with van der Waals surface area (Å²) in [7, 11) is 1.65. The highest BCUT2D eigenvalue weighted by molar-refractivity contribution is 9.10. The number of methoxy groups -OCH3 is 1. The van der Waals surface area contributed by atoms with Crippen LogP contribution in [0.3, 0.4) is 0 Å². The van der Waals surface area contributed by atoms with Crippen molar-refractivity contribution in [2.75, 3.05) is 7.11 Å². The summed E-state index contributed by atoms with van der Waals surface area (Å²) in [4.78, 5) is 11.8. The number of rotatable bonds is 5. The molecule has 0 saturated carbocycles. The van der Waals surface area contributed by atoms with Gasteiger partial charge in [0, 0.05) is 16.2 Å². The van der Waals surface area contributed by atoms with Gasteiger partial charge in [-0.2, -0.15) is 0 Å². The highest BCUT2D eigenvalue weighted by atomic mass is 79.9. The van der Waals surface area contributed by atoms with Crippen LogP contribution in [-0.4, -0.2) is 13.4 Å². The topological polar surface area (TPSA) is 26.3 Å². The lowest BCUT2D eigenvalue weighted by molar-refractivity contribution is 0.112. The van der Waals surface area contributed by atoms with E-state index in [9.17, 15) is 4.79 Å². The number of hydrogen-bond acceptors (Lipinski definition) is 3. The van der Waals surface area contributed by atoms with Crippen LogP contribution in [0.2, 0.25) is 0 Å². The lowest BCUT2D eigenvalue weighted by Crippen LogP contribution is -1.87. The maximum atomic E-state index is 10.7. The van der Waals surface area contributed by atoms with Gasteiger partial charge in [0.2, 0.25) is 0 Å². The molecular weight excluding hydrogens is 324 g/mol. The summed E-state index contributed by atoms with van der Waals surface area (Å²) < 4.78 is 6.15. The van der Waals surface area contributed by atoms with Gasteiger partial charge in [-0.15, -0.1) is 11.8 Å². The zero-order valence-corrected chi connectivity index (χ0v) is 12.8. The normalized spacial score (nSPS) is 10.2. The molecule has 0 bridgehead atoms. The number of benzene rings is 2. The van der Waals surface area contributed by atoms with E-state index in [-0.39, 0.29) is 0 Å². The third-order valence-corrected chi connectivity index (χ3v) is 4.30. The Morgan fingerprint density at radius 3 is 2.79 bits per heavy atom. The fourth-order valence-corrected chi connectivity index (χ4v) is 3.14. The first kappa shape index (κ1) is 14.2. The molecule has 0 N–H and O–H groups in total. The van der Waals surface area contributed by atoms with Gasteiger partial charge in [0.05, 0.1) is 11.6 Å². The van der Waals surface area contributed by atoms with Crippen LogP contribution in [0.25, 0.3) is 0 Å². The maximum absolute atomic E-state index is 10.7. The molecule has 19 heavy (non-hydrogen) atoms. The number of halogens is 1. The summed E-state index contributed by atoms with van der Waals surface area (Å²) in [5.41, 5.74) is 1.91. The molecule has 0 aliphatic heterocycles. The Morgan fingerprint density at radius 1 is 1.26 bits per heavy atom. The molecule has 0 amide bonds. The molecule has 0 spiro atoms. The Kier molecular flexibility index (Phi) is 5.05. The van der Waals surface area contributed by atoms with Crippen LogP contribution in [0, 0.1) is 0 Å². The van der Waals surface area contributed by atoms with Gasteiger partial charge in [0.15, 0.2) is 0 Å². The molecule has 0 heterocycles. The lowest BCUT2D eigenvalue weighted by atomic mass is 10.2. The highest BCUT2D eigenvalue weighted by Crippen LogP contribution is 2.29. The van der Waals surface area contributed by atoms with Crippen molar-refractivity contribution in [1.82, 2.24) is 0 Å². The minimum atomic E-state index is 0.709. The molecule has 0 atom stereocenters. The zero-order chi connectivity index (χ0) is 13.7. The van der Waals surface area contributed by atoms with Crippen molar-refractivity contribution < 1.29 is 9.53 Å². The summed E-state index contributed by atoms with van der Waals surface area (Å²) in [5.74, 6) is 1.68. The molecule has 98 valence electrons. The molecule has 0 unspecified atom stereocenters. The SMILES string of the molecule is COc1ccc(CSc2cccc(C=O)c2)cc1Br. The van der Waals surface area contributed by atoms with Gasteiger partial charge >= 0.3 is 0 Å². The van der Waals surface area contributed by atoms with Crippen LogP contribution in [0.5, 0.6) is 5.75 Å². The molecule has 0 radical (unpaired) electrons. The van der Waals surface area contributed by atoms with E-state index in [0.29, 0.717) is 5.56 Å². The summed E-state index contributed by atoms with van der Waals surface area (Å²) in [6, 6.07) is 13.7. The predicted molar refractivity (Wildman–Crippen MR) is 82.1 cm³/mol. The summed E-state index contributed by atoms with van der Waals surface area (Å²) >= 11 is 5.18. The summed E-state index contributed by atoms with van der Waals surface area (Å²) in [6.07, 6.45) is 0.869. The monoisotopic (exact) mass is 336 g/mol. The van der Waals surface area contributed by atoms with E-state index in [4.69, 9.17) is 4.74 Å². The molecule has 2 aromatic carbocycles. The predicted octanol–water partition coefficient (Wildman–Crippen LogP) is 4.56. The number of carbonyl (C=O) groups is 1. The van der Waals surface area contributed by atoms with Crippen LogP contribution >= 0.6 is 27.7 Å². The van der Waals surface area contributed by atoms with E-state index in [1.54, 1.807) is 24.9 Å². The number of aldehydes is 1. The van der Waals surface area contributed by atoms with Gasteiger partial charge in [0.25, 0.3) is 0 Å². The first-order valence-electron chi connectivity index (χ1n) is 5.73. The van der Waals surface area contributed by atoms with E-state index in [0.717, 1.165) is 27.2 Å². The molecule has 2 rings (SSSR count). The maximum Gasteiger partial charge on any atom is 0.150 e. The Labute approximate surface area is 125 Å². The average Bonchev–Trinajstić information content (AvgIpc) is 2.45. The van der Waals surface area contributed by atoms with Crippen LogP contribution in [0.1, 0.15) is 15.9 Å². The van der Waals surface area contributed by atoms with Gasteiger partial charge in [-0.05, 0) is 45.8 Å². The smallest absolute Gasteiger partial charge is 0.150 e. The van der Waals surface area contributed by atoms with E-state index in [1.165, 1.54) is 5.56 Å². The number of carbonyl (C=O) groups excluding carboxylic acids is 1. The van der Waals surface area contributed by atoms with Crippen LogP contribution in [-0.2, 0) is 5.75 Å². The summed E-state index contributed by atoms with van der Waals surface area (Å²) in [5, 5.41) is 0.